The minimum atomic E-state index is -0.319. The smallest absolute Gasteiger partial charge is 0.229 e. The summed E-state index contributed by atoms with van der Waals surface area (Å²) < 4.78 is 1.75. The Morgan fingerprint density at radius 1 is 1.07 bits per heavy atom. The van der Waals surface area contributed by atoms with E-state index < -0.39 is 0 Å². The van der Waals surface area contributed by atoms with Gasteiger partial charge in [0.25, 0.3) is 0 Å². The summed E-state index contributed by atoms with van der Waals surface area (Å²) in [5.41, 5.74) is 6.55. The molecule has 6 heteroatoms. The number of nitrogens with zero attached hydrogens (tertiary/aromatic N) is 3. The van der Waals surface area contributed by atoms with Gasteiger partial charge < -0.3 is 10.6 Å². The van der Waals surface area contributed by atoms with E-state index in [0.717, 1.165) is 31.2 Å². The van der Waals surface area contributed by atoms with Gasteiger partial charge in [-0.15, -0.1) is 0 Å². The van der Waals surface area contributed by atoms with E-state index in [4.69, 9.17) is 5.73 Å². The molecule has 2 amide bonds. The molecule has 2 N–H and O–H groups in total. The van der Waals surface area contributed by atoms with Gasteiger partial charge in [0.1, 0.15) is 0 Å². The maximum Gasteiger partial charge on any atom is 0.229 e. The summed E-state index contributed by atoms with van der Waals surface area (Å²) in [6.45, 7) is 1.05. The molecular formula is C22H34N4O2. The molecule has 0 unspecified atom stereocenters. The SMILES string of the molecule is Cn1cc([C@H]2CN(C(=O)C3(C4CCCCC4)CCCCC3)C[C@@H]2C(N)=O)cn1. The van der Waals surface area contributed by atoms with Crippen LogP contribution in [0.15, 0.2) is 12.4 Å². The number of carbonyl (C=O) groups is 2. The van der Waals surface area contributed by atoms with Crippen molar-refractivity contribution in [3.63, 3.8) is 0 Å². The number of hydrogen-bond acceptors (Lipinski definition) is 3. The Balaban J connectivity index is 1.59. The standard InChI is InChI=1S/C22H34N4O2/c1-25-13-16(12-24-25)18-14-26(15-19(18)20(23)27)21(28)22(10-6-3-7-11-22)17-8-4-2-5-9-17/h12-13,17-19H,2-11,14-15H2,1H3,(H2,23,27)/t18-,19+/m1/s1. The molecule has 28 heavy (non-hydrogen) atoms. The van der Waals surface area contributed by atoms with E-state index in [9.17, 15) is 9.59 Å². The van der Waals surface area contributed by atoms with Crippen molar-refractivity contribution < 1.29 is 9.59 Å². The van der Waals surface area contributed by atoms with Gasteiger partial charge in [0.05, 0.1) is 17.5 Å². The second kappa shape index (κ2) is 7.88. The molecule has 6 nitrogen and oxygen atoms in total. The van der Waals surface area contributed by atoms with Crippen LogP contribution in [-0.4, -0.2) is 39.6 Å². The van der Waals surface area contributed by atoms with Gasteiger partial charge in [0, 0.05) is 32.3 Å². The molecule has 0 aromatic carbocycles. The quantitative estimate of drug-likeness (QED) is 0.864. The molecule has 3 fully saturated rings. The van der Waals surface area contributed by atoms with Crippen molar-refractivity contribution in [3.05, 3.63) is 18.0 Å². The first kappa shape index (κ1) is 19.5. The summed E-state index contributed by atoms with van der Waals surface area (Å²) in [5, 5.41) is 4.26. The van der Waals surface area contributed by atoms with E-state index in [1.54, 1.807) is 4.68 Å². The van der Waals surface area contributed by atoms with Gasteiger partial charge in [-0.25, -0.2) is 0 Å². The summed E-state index contributed by atoms with van der Waals surface area (Å²) in [6, 6.07) is 0. The fourth-order valence-electron chi connectivity index (χ4n) is 6.18. The Kier molecular flexibility index (Phi) is 5.48. The summed E-state index contributed by atoms with van der Waals surface area (Å²) in [5.74, 6) is 0.150. The largest absolute Gasteiger partial charge is 0.369 e. The highest BCUT2D eigenvalue weighted by atomic mass is 16.2. The lowest BCUT2D eigenvalue weighted by atomic mass is 9.61. The first-order chi connectivity index (χ1) is 13.5. The first-order valence-electron chi connectivity index (χ1n) is 11.1. The number of likely N-dealkylation sites (tertiary alicyclic amines) is 1. The summed E-state index contributed by atoms with van der Waals surface area (Å²) in [6.07, 6.45) is 15.5. The summed E-state index contributed by atoms with van der Waals surface area (Å²) in [4.78, 5) is 28.1. The lowest BCUT2D eigenvalue weighted by Gasteiger charge is -2.46. The van der Waals surface area contributed by atoms with E-state index in [1.807, 2.05) is 24.3 Å². The highest BCUT2D eigenvalue weighted by molar-refractivity contribution is 5.86. The normalized spacial score (nSPS) is 28.4. The molecule has 0 spiro atoms. The molecule has 1 aromatic heterocycles. The molecule has 2 atom stereocenters. The van der Waals surface area contributed by atoms with E-state index in [2.05, 4.69) is 5.10 Å². The summed E-state index contributed by atoms with van der Waals surface area (Å²) >= 11 is 0. The van der Waals surface area contributed by atoms with Gasteiger partial charge in [0.15, 0.2) is 0 Å². The molecule has 1 aliphatic heterocycles. The van der Waals surface area contributed by atoms with Crippen molar-refractivity contribution in [1.82, 2.24) is 14.7 Å². The van der Waals surface area contributed by atoms with Gasteiger partial charge in [-0.2, -0.15) is 5.10 Å². The molecule has 3 aliphatic rings. The van der Waals surface area contributed by atoms with E-state index in [-0.39, 0.29) is 23.2 Å². The van der Waals surface area contributed by atoms with Gasteiger partial charge in [-0.1, -0.05) is 38.5 Å². The van der Waals surface area contributed by atoms with Crippen LogP contribution in [-0.2, 0) is 16.6 Å². The van der Waals surface area contributed by atoms with Gasteiger partial charge in [0.2, 0.25) is 11.8 Å². The van der Waals surface area contributed by atoms with Crippen LogP contribution in [0.2, 0.25) is 0 Å². The number of aromatic nitrogens is 2. The summed E-state index contributed by atoms with van der Waals surface area (Å²) in [7, 11) is 1.88. The number of primary amides is 1. The van der Waals surface area contributed by atoms with Crippen LogP contribution < -0.4 is 5.73 Å². The Bertz CT molecular complexity index is 716. The minimum absolute atomic E-state index is 0.0397. The predicted molar refractivity (Wildman–Crippen MR) is 107 cm³/mol. The number of nitrogens with two attached hydrogens (primary N) is 1. The first-order valence-corrected chi connectivity index (χ1v) is 11.1. The maximum atomic E-state index is 13.9. The number of hydrogen-bond donors (Lipinski definition) is 1. The lowest BCUT2D eigenvalue weighted by Crippen LogP contribution is -2.49. The molecule has 4 rings (SSSR count). The zero-order chi connectivity index (χ0) is 19.7. The average molecular weight is 387 g/mol. The minimum Gasteiger partial charge on any atom is -0.369 e. The Hall–Kier alpha value is -1.85. The third-order valence-corrected chi connectivity index (χ3v) is 7.68. The van der Waals surface area contributed by atoms with Crippen LogP contribution in [0.5, 0.6) is 0 Å². The fraction of sp³-hybridized carbons (Fsp3) is 0.773. The van der Waals surface area contributed by atoms with Crippen molar-refractivity contribution in [2.75, 3.05) is 13.1 Å². The maximum absolute atomic E-state index is 13.9. The lowest BCUT2D eigenvalue weighted by molar-refractivity contribution is -0.148. The van der Waals surface area contributed by atoms with Gasteiger partial charge in [-0.3, -0.25) is 14.3 Å². The van der Waals surface area contributed by atoms with Crippen LogP contribution in [0, 0.1) is 17.3 Å². The Morgan fingerprint density at radius 3 is 2.36 bits per heavy atom. The van der Waals surface area contributed by atoms with Crippen molar-refractivity contribution in [1.29, 1.82) is 0 Å². The molecule has 2 saturated carbocycles. The van der Waals surface area contributed by atoms with Crippen LogP contribution in [0.4, 0.5) is 0 Å². The van der Waals surface area contributed by atoms with Crippen LogP contribution in [0.3, 0.4) is 0 Å². The van der Waals surface area contributed by atoms with Crippen LogP contribution >= 0.6 is 0 Å². The highest BCUT2D eigenvalue weighted by Crippen LogP contribution is 2.50. The predicted octanol–water partition coefficient (Wildman–Crippen LogP) is 2.98. The molecule has 0 radical (unpaired) electrons. The monoisotopic (exact) mass is 386 g/mol. The van der Waals surface area contributed by atoms with Crippen molar-refractivity contribution in [2.45, 2.75) is 70.1 Å². The molecule has 2 aliphatic carbocycles. The molecule has 0 bridgehead atoms. The van der Waals surface area contributed by atoms with Gasteiger partial charge in [-0.05, 0) is 37.2 Å². The van der Waals surface area contributed by atoms with E-state index in [1.165, 1.54) is 38.5 Å². The highest BCUT2D eigenvalue weighted by Gasteiger charge is 2.51. The zero-order valence-corrected chi connectivity index (χ0v) is 17.1. The van der Waals surface area contributed by atoms with Crippen molar-refractivity contribution >= 4 is 11.8 Å². The van der Waals surface area contributed by atoms with Crippen LogP contribution in [0.1, 0.15) is 75.7 Å². The second-order valence-corrected chi connectivity index (χ2v) is 9.32. The molecule has 1 saturated heterocycles. The number of rotatable bonds is 4. The third-order valence-electron chi connectivity index (χ3n) is 7.68. The Labute approximate surface area is 167 Å². The molecular weight excluding hydrogens is 352 g/mol. The van der Waals surface area contributed by atoms with E-state index >= 15 is 0 Å². The second-order valence-electron chi connectivity index (χ2n) is 9.32. The fourth-order valence-corrected chi connectivity index (χ4v) is 6.18. The van der Waals surface area contributed by atoms with Crippen LogP contribution in [0.25, 0.3) is 0 Å². The number of aryl methyl sites for hydroxylation is 1. The number of carbonyl (C=O) groups excluding carboxylic acids is 2. The topological polar surface area (TPSA) is 81.2 Å². The van der Waals surface area contributed by atoms with Crippen molar-refractivity contribution in [2.24, 2.45) is 30.0 Å². The molecule has 2 heterocycles. The Morgan fingerprint density at radius 2 is 1.75 bits per heavy atom. The van der Waals surface area contributed by atoms with E-state index in [0.29, 0.717) is 24.9 Å². The van der Waals surface area contributed by atoms with Crippen molar-refractivity contribution in [3.8, 4) is 0 Å². The molecule has 154 valence electrons. The number of amides is 2. The van der Waals surface area contributed by atoms with Gasteiger partial charge >= 0.3 is 0 Å². The molecule has 1 aromatic rings. The zero-order valence-electron chi connectivity index (χ0n) is 17.1. The average Bonchev–Trinajstić information content (AvgIpc) is 3.35. The third kappa shape index (κ3) is 3.46.